The van der Waals surface area contributed by atoms with Gasteiger partial charge in [0.15, 0.2) is 0 Å². The molecule has 4 aliphatic carbocycles. The molecule has 2 atom stereocenters. The van der Waals surface area contributed by atoms with Gasteiger partial charge >= 0.3 is 0 Å². The Balaban J connectivity index is 1.39. The number of benzene rings is 2. The van der Waals surface area contributed by atoms with E-state index in [1.165, 1.54) is 99.8 Å². The molecule has 4 bridgehead atoms. The van der Waals surface area contributed by atoms with Crippen LogP contribution < -0.4 is 16.5 Å². The Morgan fingerprint density at radius 3 is 1.66 bits per heavy atom. The number of rotatable bonds is 5. The summed E-state index contributed by atoms with van der Waals surface area (Å²) < 4.78 is 0. The molecule has 0 saturated heterocycles. The molecule has 2 aromatic carbocycles. The summed E-state index contributed by atoms with van der Waals surface area (Å²) in [5, 5.41) is 0. The van der Waals surface area contributed by atoms with Gasteiger partial charge in [0, 0.05) is 34.0 Å². The van der Waals surface area contributed by atoms with Crippen molar-refractivity contribution >= 4 is 23.2 Å². The topological polar surface area (TPSA) is 25.8 Å². The number of hydrogen-bond acceptors (Lipinski definition) is 2. The fraction of sp³-hybridized carbons (Fsp3) is 0.421. The van der Waals surface area contributed by atoms with Crippen molar-refractivity contribution in [3.8, 4) is 0 Å². The maximum atomic E-state index is 5.73. The minimum atomic E-state index is 0.120. The maximum absolute atomic E-state index is 5.73. The largest absolute Gasteiger partial charge is 0.266 e. The van der Waals surface area contributed by atoms with Crippen molar-refractivity contribution in [2.75, 3.05) is 0 Å². The molecule has 4 saturated carbocycles. The molecule has 0 amide bonds. The van der Waals surface area contributed by atoms with Gasteiger partial charge in [0.1, 0.15) is 0 Å². The van der Waals surface area contributed by atoms with E-state index in [4.69, 9.17) is 9.97 Å². The van der Waals surface area contributed by atoms with Crippen molar-refractivity contribution in [2.24, 2.45) is 11.8 Å². The van der Waals surface area contributed by atoms with Gasteiger partial charge in [0.2, 0.25) is 0 Å². The lowest BCUT2D eigenvalue weighted by Gasteiger charge is -2.61. The van der Waals surface area contributed by atoms with Crippen molar-refractivity contribution in [1.29, 1.82) is 0 Å². The van der Waals surface area contributed by atoms with Gasteiger partial charge in [0.25, 0.3) is 6.71 Å². The summed E-state index contributed by atoms with van der Waals surface area (Å²) >= 11 is 0. The average molecular weight is 539 g/mol. The van der Waals surface area contributed by atoms with Gasteiger partial charge in [-0.05, 0) is 116 Å². The number of aromatic nitrogens is 2. The van der Waals surface area contributed by atoms with Gasteiger partial charge in [-0.25, -0.2) is 0 Å². The Labute approximate surface area is 247 Å². The highest BCUT2D eigenvalue weighted by atomic mass is 14.8. The number of aryl methyl sites for hydroxylation is 6. The fourth-order valence-electron chi connectivity index (χ4n) is 10.2. The van der Waals surface area contributed by atoms with Crippen LogP contribution in [0.3, 0.4) is 0 Å². The van der Waals surface area contributed by atoms with Gasteiger partial charge in [-0.3, -0.25) is 9.97 Å². The molecule has 41 heavy (non-hydrogen) atoms. The van der Waals surface area contributed by atoms with Gasteiger partial charge in [0.05, 0.1) is 0 Å². The Morgan fingerprint density at radius 2 is 1.15 bits per heavy atom. The lowest BCUT2D eigenvalue weighted by Crippen LogP contribution is -2.59. The zero-order valence-electron chi connectivity index (χ0n) is 25.7. The maximum Gasteiger partial charge on any atom is 0.266 e. The second-order valence-electron chi connectivity index (χ2n) is 14.2. The van der Waals surface area contributed by atoms with Crippen LogP contribution in [0.2, 0.25) is 0 Å². The molecule has 208 valence electrons. The third-order valence-corrected chi connectivity index (χ3v) is 10.9. The third-order valence-electron chi connectivity index (χ3n) is 10.9. The number of hydrogen-bond donors (Lipinski definition) is 0. The van der Waals surface area contributed by atoms with E-state index in [9.17, 15) is 0 Å². The highest BCUT2D eigenvalue weighted by molar-refractivity contribution is 6.96. The first-order chi connectivity index (χ1) is 19.7. The Morgan fingerprint density at radius 1 is 0.634 bits per heavy atom. The first kappa shape index (κ1) is 26.7. The van der Waals surface area contributed by atoms with Crippen LogP contribution in [0, 0.1) is 53.4 Å². The van der Waals surface area contributed by atoms with Gasteiger partial charge in [-0.2, -0.15) is 0 Å². The normalized spacial score (nSPS) is 26.4. The number of nitrogens with zero attached hydrogens (tertiary/aromatic N) is 2. The van der Waals surface area contributed by atoms with Crippen LogP contribution in [-0.2, 0) is 10.8 Å². The molecule has 2 aromatic heterocycles. The molecule has 2 heterocycles. The summed E-state index contributed by atoms with van der Waals surface area (Å²) in [6, 6.07) is 23.0. The van der Waals surface area contributed by atoms with Crippen molar-refractivity contribution in [1.82, 2.24) is 9.97 Å². The predicted molar refractivity (Wildman–Crippen MR) is 172 cm³/mol. The zero-order chi connectivity index (χ0) is 28.5. The molecule has 0 spiro atoms. The smallest absolute Gasteiger partial charge is 0.266 e. The highest BCUT2D eigenvalue weighted by Crippen LogP contribution is 2.65. The summed E-state index contributed by atoms with van der Waals surface area (Å²) in [6.45, 7) is 13.7. The van der Waals surface area contributed by atoms with Crippen molar-refractivity contribution in [2.45, 2.75) is 90.9 Å². The highest BCUT2D eigenvalue weighted by Gasteiger charge is 2.59. The second kappa shape index (κ2) is 9.68. The standard InChI is InChI=1S/C38H43BN2/c1-24-14-26(3)35(27(4)15-24)39(36-28(5)16-25(2)17-29(36)6)34-12-9-11-33(41-34)38-21-30-18-31(22-38)20-37(19-30,23-38)32-10-7-8-13-40-32/h7-17,30-31H,18-23H2,1-6H3. The molecule has 4 aliphatic rings. The summed E-state index contributed by atoms with van der Waals surface area (Å²) in [7, 11) is 0. The van der Waals surface area contributed by atoms with Crippen LogP contribution in [0.15, 0.2) is 66.9 Å². The SMILES string of the molecule is Cc1cc(C)c(B(c2cccc(C34CC5CC(CC(c6ccccn6)(C5)C3)C4)n2)c2c(C)cc(C)cc2C)c(C)c1. The monoisotopic (exact) mass is 538 g/mol. The quantitative estimate of drug-likeness (QED) is 0.267. The van der Waals surface area contributed by atoms with E-state index in [2.05, 4.69) is 102 Å². The molecule has 0 N–H and O–H groups in total. The first-order valence-corrected chi connectivity index (χ1v) is 15.7. The van der Waals surface area contributed by atoms with E-state index in [-0.39, 0.29) is 17.5 Å². The lowest BCUT2D eigenvalue weighted by atomic mass is 9.35. The van der Waals surface area contributed by atoms with Crippen LogP contribution in [0.5, 0.6) is 0 Å². The van der Waals surface area contributed by atoms with Crippen LogP contribution in [0.4, 0.5) is 0 Å². The molecular weight excluding hydrogens is 495 g/mol. The minimum absolute atomic E-state index is 0.120. The molecule has 2 unspecified atom stereocenters. The molecule has 0 radical (unpaired) electrons. The summed E-state index contributed by atoms with van der Waals surface area (Å²) in [5.41, 5.74) is 15.2. The first-order valence-electron chi connectivity index (χ1n) is 15.7. The number of pyridine rings is 2. The fourth-order valence-corrected chi connectivity index (χ4v) is 10.2. The Kier molecular flexibility index (Phi) is 6.30. The molecule has 4 aromatic rings. The molecule has 4 fully saturated rings. The molecule has 0 aliphatic heterocycles. The molecule has 8 rings (SSSR count). The van der Waals surface area contributed by atoms with Gasteiger partial charge in [-0.1, -0.05) is 80.7 Å². The molecular formula is C38H43BN2. The van der Waals surface area contributed by atoms with E-state index in [1.54, 1.807) is 0 Å². The van der Waals surface area contributed by atoms with E-state index >= 15 is 0 Å². The molecule has 3 heteroatoms. The lowest BCUT2D eigenvalue weighted by molar-refractivity contribution is -0.0316. The van der Waals surface area contributed by atoms with Crippen LogP contribution in [0.1, 0.15) is 83.3 Å². The van der Waals surface area contributed by atoms with E-state index < -0.39 is 0 Å². The second-order valence-corrected chi connectivity index (χ2v) is 14.2. The Bertz CT molecular complexity index is 1520. The van der Waals surface area contributed by atoms with Crippen LogP contribution in [-0.4, -0.2) is 16.7 Å². The minimum Gasteiger partial charge on any atom is -0.266 e. The summed E-state index contributed by atoms with van der Waals surface area (Å²) in [5.74, 6) is 1.56. The van der Waals surface area contributed by atoms with Crippen LogP contribution >= 0.6 is 0 Å². The van der Waals surface area contributed by atoms with E-state index in [0.717, 1.165) is 11.8 Å². The van der Waals surface area contributed by atoms with Crippen molar-refractivity contribution in [3.63, 3.8) is 0 Å². The zero-order valence-corrected chi connectivity index (χ0v) is 25.7. The summed E-state index contributed by atoms with van der Waals surface area (Å²) in [6.07, 6.45) is 9.75. The Hall–Kier alpha value is -3.20. The van der Waals surface area contributed by atoms with E-state index in [0.29, 0.717) is 0 Å². The van der Waals surface area contributed by atoms with E-state index in [1.807, 2.05) is 6.20 Å². The van der Waals surface area contributed by atoms with Crippen molar-refractivity contribution < 1.29 is 0 Å². The van der Waals surface area contributed by atoms with Crippen molar-refractivity contribution in [3.05, 3.63) is 112 Å². The predicted octanol–water partition coefficient (Wildman–Crippen LogP) is 6.63. The van der Waals surface area contributed by atoms with Gasteiger partial charge < -0.3 is 0 Å². The average Bonchev–Trinajstić information content (AvgIpc) is 2.91. The molecule has 2 nitrogen and oxygen atoms in total. The van der Waals surface area contributed by atoms with Crippen LogP contribution in [0.25, 0.3) is 0 Å². The summed E-state index contributed by atoms with van der Waals surface area (Å²) in [4.78, 5) is 10.7. The van der Waals surface area contributed by atoms with Gasteiger partial charge in [-0.15, -0.1) is 0 Å². The third kappa shape index (κ3) is 4.39.